The van der Waals surface area contributed by atoms with Gasteiger partial charge in [-0.1, -0.05) is 50.1 Å². The van der Waals surface area contributed by atoms with Crippen LogP contribution in [0.4, 0.5) is 5.69 Å². The molecule has 2 atom stereocenters. The second-order valence-electron chi connectivity index (χ2n) is 7.82. The van der Waals surface area contributed by atoms with Gasteiger partial charge in [-0.25, -0.2) is 4.79 Å². The number of amides is 1. The summed E-state index contributed by atoms with van der Waals surface area (Å²) < 4.78 is 5.98. The smallest absolute Gasteiger partial charge is 0.339 e. The fraction of sp³-hybridized carbons (Fsp3) is 0.231. The zero-order valence-electron chi connectivity index (χ0n) is 18.2. The van der Waals surface area contributed by atoms with Crippen LogP contribution in [0.2, 0.25) is 0 Å². The van der Waals surface area contributed by atoms with Crippen molar-refractivity contribution < 1.29 is 24.5 Å². The Balaban J connectivity index is 1.70. The first-order chi connectivity index (χ1) is 16.0. The molecule has 0 bridgehead atoms. The van der Waals surface area contributed by atoms with Gasteiger partial charge in [0.25, 0.3) is 0 Å². The van der Waals surface area contributed by atoms with Crippen LogP contribution in [0.25, 0.3) is 0 Å². The van der Waals surface area contributed by atoms with Gasteiger partial charge in [0.1, 0.15) is 28.2 Å². The number of rotatable bonds is 8. The first kappa shape index (κ1) is 22.7. The number of carboxylic acids is 1. The fourth-order valence-electron chi connectivity index (χ4n) is 3.82. The van der Waals surface area contributed by atoms with Crippen LogP contribution in [0.5, 0.6) is 17.2 Å². The van der Waals surface area contributed by atoms with Crippen LogP contribution in [0, 0.1) is 0 Å². The summed E-state index contributed by atoms with van der Waals surface area (Å²) in [5.74, 6) is -0.267. The lowest BCUT2D eigenvalue weighted by Crippen LogP contribution is -2.31. The van der Waals surface area contributed by atoms with Gasteiger partial charge in [-0.2, -0.15) is 0 Å². The minimum Gasteiger partial charge on any atom is -0.507 e. The van der Waals surface area contributed by atoms with Crippen molar-refractivity contribution in [1.82, 2.24) is 0 Å². The zero-order chi connectivity index (χ0) is 23.4. The Bertz CT molecular complexity index is 1150. The first-order valence-corrected chi connectivity index (χ1v) is 11.8. The second-order valence-corrected chi connectivity index (χ2v) is 9.11. The number of aromatic carboxylic acids is 1. The molecule has 0 unspecified atom stereocenters. The van der Waals surface area contributed by atoms with Crippen molar-refractivity contribution >= 4 is 29.3 Å². The predicted octanol–water partition coefficient (Wildman–Crippen LogP) is 6.22. The molecular weight excluding hydrogens is 438 g/mol. The van der Waals surface area contributed by atoms with E-state index in [1.165, 1.54) is 12.1 Å². The molecule has 2 N–H and O–H groups in total. The average molecular weight is 464 g/mol. The highest BCUT2D eigenvalue weighted by atomic mass is 32.2. The second kappa shape index (κ2) is 10.0. The largest absolute Gasteiger partial charge is 0.507 e. The molecule has 0 aliphatic carbocycles. The highest BCUT2D eigenvalue weighted by Gasteiger charge is 2.41. The average Bonchev–Trinajstić information content (AvgIpc) is 3.15. The molecule has 1 fully saturated rings. The highest BCUT2D eigenvalue weighted by Crippen LogP contribution is 2.48. The van der Waals surface area contributed by atoms with Crippen molar-refractivity contribution in [2.24, 2.45) is 0 Å². The summed E-state index contributed by atoms with van der Waals surface area (Å²) in [5, 5.41) is 18.8. The van der Waals surface area contributed by atoms with E-state index in [2.05, 4.69) is 6.92 Å². The number of carboxylic acid groups (broad SMARTS) is 1. The van der Waals surface area contributed by atoms with Crippen molar-refractivity contribution in [2.45, 2.75) is 36.8 Å². The minimum atomic E-state index is -1.24. The van der Waals surface area contributed by atoms with Crippen LogP contribution in [0.1, 0.15) is 47.5 Å². The Hall–Kier alpha value is -3.45. The number of aromatic hydroxyl groups is 1. The van der Waals surface area contributed by atoms with Crippen molar-refractivity contribution in [3.63, 3.8) is 0 Å². The molecule has 0 aromatic heterocycles. The van der Waals surface area contributed by atoms with E-state index in [0.29, 0.717) is 17.2 Å². The number of para-hydroxylation sites is 1. The zero-order valence-corrected chi connectivity index (χ0v) is 19.0. The Kier molecular flexibility index (Phi) is 6.89. The van der Waals surface area contributed by atoms with Crippen molar-refractivity contribution in [2.75, 3.05) is 4.90 Å². The lowest BCUT2D eigenvalue weighted by Gasteiger charge is -2.25. The highest BCUT2D eigenvalue weighted by molar-refractivity contribution is 8.01. The maximum atomic E-state index is 13.4. The van der Waals surface area contributed by atoms with Crippen LogP contribution in [-0.2, 0) is 4.79 Å². The Morgan fingerprint density at radius 3 is 2.52 bits per heavy atom. The summed E-state index contributed by atoms with van der Waals surface area (Å²) in [5.41, 5.74) is 1.09. The summed E-state index contributed by atoms with van der Waals surface area (Å²) in [4.78, 5) is 26.6. The summed E-state index contributed by atoms with van der Waals surface area (Å²) in [7, 11) is 0. The maximum Gasteiger partial charge on any atom is 0.339 e. The third-order valence-electron chi connectivity index (χ3n) is 5.47. The van der Waals surface area contributed by atoms with Gasteiger partial charge in [0.2, 0.25) is 5.91 Å². The Morgan fingerprint density at radius 1 is 1.03 bits per heavy atom. The number of thioether (sulfide) groups is 1. The summed E-state index contributed by atoms with van der Waals surface area (Å²) in [6.45, 7) is 2.09. The van der Waals surface area contributed by atoms with Crippen LogP contribution >= 0.6 is 11.8 Å². The standard InChI is InChI=1S/C26H25NO5S/c1-2-3-12-23-24(29)27(18-13-14-22(28)21(16-18)26(30)31)25(33-23)17-8-7-11-20(15-17)32-19-9-5-4-6-10-19/h4-11,13-16,23,25,28H,2-3,12H2,1H3,(H,30,31)/t23-,25-/m1/s1. The van der Waals surface area contributed by atoms with E-state index in [0.717, 1.165) is 24.8 Å². The third kappa shape index (κ3) is 4.98. The van der Waals surface area contributed by atoms with Gasteiger partial charge < -0.3 is 14.9 Å². The number of carbonyl (C=O) groups excluding carboxylic acids is 1. The Labute approximate surface area is 196 Å². The van der Waals surface area contributed by atoms with E-state index in [4.69, 9.17) is 4.74 Å². The van der Waals surface area contributed by atoms with Gasteiger partial charge in [-0.15, -0.1) is 11.8 Å². The van der Waals surface area contributed by atoms with Crippen molar-refractivity contribution in [3.8, 4) is 17.2 Å². The molecule has 3 aromatic rings. The number of hydrogen-bond acceptors (Lipinski definition) is 5. The third-order valence-corrected chi connectivity index (χ3v) is 6.98. The van der Waals surface area contributed by atoms with Crippen LogP contribution < -0.4 is 9.64 Å². The summed E-state index contributed by atoms with van der Waals surface area (Å²) >= 11 is 1.56. The molecule has 170 valence electrons. The number of ether oxygens (including phenoxy) is 1. The van der Waals surface area contributed by atoms with E-state index in [-0.39, 0.29) is 27.8 Å². The summed E-state index contributed by atoms with van der Waals surface area (Å²) in [6, 6.07) is 21.3. The number of carbonyl (C=O) groups is 2. The molecule has 4 rings (SSSR count). The van der Waals surface area contributed by atoms with E-state index in [1.807, 2.05) is 54.6 Å². The number of hydrogen-bond donors (Lipinski definition) is 2. The maximum absolute atomic E-state index is 13.4. The minimum absolute atomic E-state index is 0.0603. The molecule has 0 saturated carbocycles. The molecule has 1 heterocycles. The number of nitrogens with zero attached hydrogens (tertiary/aromatic N) is 1. The molecule has 6 nitrogen and oxygen atoms in total. The van der Waals surface area contributed by atoms with Crippen molar-refractivity contribution in [1.29, 1.82) is 0 Å². The normalized spacial score (nSPS) is 17.8. The number of phenols is 1. The van der Waals surface area contributed by atoms with E-state index in [9.17, 15) is 19.8 Å². The molecule has 1 aliphatic heterocycles. The lowest BCUT2D eigenvalue weighted by atomic mass is 10.1. The molecule has 1 saturated heterocycles. The van der Waals surface area contributed by atoms with Gasteiger partial charge >= 0.3 is 5.97 Å². The van der Waals surface area contributed by atoms with Crippen LogP contribution in [0.3, 0.4) is 0 Å². The van der Waals surface area contributed by atoms with Gasteiger partial charge in [0.15, 0.2) is 0 Å². The molecule has 1 amide bonds. The number of benzene rings is 3. The van der Waals surface area contributed by atoms with E-state index >= 15 is 0 Å². The van der Waals surface area contributed by atoms with E-state index < -0.39 is 5.97 Å². The Morgan fingerprint density at radius 2 is 1.79 bits per heavy atom. The van der Waals surface area contributed by atoms with Crippen molar-refractivity contribution in [3.05, 3.63) is 83.9 Å². The van der Waals surface area contributed by atoms with Gasteiger partial charge in [-0.3, -0.25) is 9.69 Å². The molecular formula is C26H25NO5S. The molecule has 0 spiro atoms. The lowest BCUT2D eigenvalue weighted by molar-refractivity contribution is -0.117. The monoisotopic (exact) mass is 463 g/mol. The predicted molar refractivity (Wildman–Crippen MR) is 129 cm³/mol. The molecule has 0 radical (unpaired) electrons. The molecule has 33 heavy (non-hydrogen) atoms. The topological polar surface area (TPSA) is 87.1 Å². The van der Waals surface area contributed by atoms with Crippen LogP contribution in [0.15, 0.2) is 72.8 Å². The molecule has 7 heteroatoms. The van der Waals surface area contributed by atoms with E-state index in [1.54, 1.807) is 22.7 Å². The SMILES string of the molecule is CCCC[C@H]1S[C@H](c2cccc(Oc3ccccc3)c2)N(c2ccc(O)c(C(=O)O)c2)C1=O. The fourth-order valence-corrected chi connectivity index (χ4v) is 5.31. The van der Waals surface area contributed by atoms with Crippen LogP contribution in [-0.4, -0.2) is 27.3 Å². The van der Waals surface area contributed by atoms with Gasteiger partial charge in [0.05, 0.1) is 5.25 Å². The van der Waals surface area contributed by atoms with Gasteiger partial charge in [-0.05, 0) is 54.4 Å². The van der Waals surface area contributed by atoms with Gasteiger partial charge in [0, 0.05) is 5.69 Å². The molecule has 1 aliphatic rings. The number of unbranched alkanes of at least 4 members (excludes halogenated alkanes) is 1. The molecule has 3 aromatic carbocycles. The first-order valence-electron chi connectivity index (χ1n) is 10.9. The number of anilines is 1. The summed E-state index contributed by atoms with van der Waals surface area (Å²) in [6.07, 6.45) is 2.66. The quantitative estimate of drug-likeness (QED) is 0.412.